The van der Waals surface area contributed by atoms with Crippen LogP contribution in [0.3, 0.4) is 0 Å². The minimum Gasteiger partial charge on any atom is -0.378 e. The van der Waals surface area contributed by atoms with Gasteiger partial charge in [-0.25, -0.2) is 0 Å². The lowest BCUT2D eigenvalue weighted by Crippen LogP contribution is -2.08. The van der Waals surface area contributed by atoms with Crippen molar-refractivity contribution >= 4 is 56.4 Å². The van der Waals surface area contributed by atoms with Crippen molar-refractivity contribution < 1.29 is 0 Å². The second-order valence-electron chi connectivity index (χ2n) is 4.48. The second-order valence-corrected chi connectivity index (χ2v) is 6.49. The predicted molar refractivity (Wildman–Crippen MR) is 93.8 cm³/mol. The number of hydrogen-bond acceptors (Lipinski definition) is 2. The largest absolute Gasteiger partial charge is 0.378 e. The van der Waals surface area contributed by atoms with E-state index in [1.54, 1.807) is 12.1 Å². The molecule has 0 aliphatic rings. The van der Waals surface area contributed by atoms with Gasteiger partial charge < -0.3 is 5.32 Å². The van der Waals surface area contributed by atoms with Gasteiger partial charge in [-0.05, 0) is 41.4 Å². The maximum atomic E-state index is 6.17. The monoisotopic (exact) mass is 409 g/mol. The highest BCUT2D eigenvalue weighted by Gasteiger charge is 2.14. The van der Waals surface area contributed by atoms with Crippen LogP contribution in [-0.2, 0) is 19.5 Å². The molecule has 1 aromatic carbocycles. The van der Waals surface area contributed by atoms with Gasteiger partial charge in [-0.1, -0.05) is 41.7 Å². The smallest absolute Gasteiger partial charge is 0.0767 e. The summed E-state index contributed by atoms with van der Waals surface area (Å²) < 4.78 is 3.01. The van der Waals surface area contributed by atoms with Gasteiger partial charge in [0.05, 0.1) is 43.2 Å². The number of halogens is 4. The first kappa shape index (κ1) is 16.9. The van der Waals surface area contributed by atoms with E-state index in [1.165, 1.54) is 0 Å². The van der Waals surface area contributed by atoms with Gasteiger partial charge in [-0.15, -0.1) is 0 Å². The van der Waals surface area contributed by atoms with Gasteiger partial charge in [-0.3, -0.25) is 4.68 Å². The van der Waals surface area contributed by atoms with Crippen molar-refractivity contribution in [3.8, 4) is 0 Å². The van der Waals surface area contributed by atoms with Gasteiger partial charge in [-0.2, -0.15) is 5.10 Å². The number of anilines is 1. The Labute approximate surface area is 147 Å². The van der Waals surface area contributed by atoms with Gasteiger partial charge in [0.25, 0.3) is 0 Å². The molecule has 114 valence electrons. The summed E-state index contributed by atoms with van der Waals surface area (Å²) in [5, 5.41) is 9.31. The highest BCUT2D eigenvalue weighted by Crippen LogP contribution is 2.33. The van der Waals surface area contributed by atoms with Gasteiger partial charge in [0, 0.05) is 6.54 Å². The summed E-state index contributed by atoms with van der Waals surface area (Å²) in [6.45, 7) is 5.55. The Hall–Kier alpha value is -0.420. The molecular weight excluding hydrogens is 396 g/mol. The molecule has 1 aromatic heterocycles. The molecular formula is C14H15BrCl3N3. The average molecular weight is 412 g/mol. The maximum Gasteiger partial charge on any atom is 0.0767 e. The zero-order chi connectivity index (χ0) is 15.6. The third-order valence-electron chi connectivity index (χ3n) is 3.15. The summed E-state index contributed by atoms with van der Waals surface area (Å²) in [7, 11) is 0. The summed E-state index contributed by atoms with van der Waals surface area (Å²) in [6, 6.07) is 3.37. The third-order valence-corrected chi connectivity index (χ3v) is 5.10. The van der Waals surface area contributed by atoms with E-state index in [0.29, 0.717) is 21.6 Å². The molecule has 2 rings (SSSR count). The van der Waals surface area contributed by atoms with E-state index in [1.807, 2.05) is 4.68 Å². The van der Waals surface area contributed by atoms with Crippen molar-refractivity contribution in [1.82, 2.24) is 9.78 Å². The quantitative estimate of drug-likeness (QED) is 0.630. The van der Waals surface area contributed by atoms with Crippen LogP contribution < -0.4 is 5.32 Å². The molecule has 21 heavy (non-hydrogen) atoms. The van der Waals surface area contributed by atoms with Crippen molar-refractivity contribution in [3.05, 3.63) is 43.1 Å². The first-order valence-electron chi connectivity index (χ1n) is 6.60. The molecule has 0 aliphatic carbocycles. The van der Waals surface area contributed by atoms with Crippen LogP contribution in [0, 0.1) is 0 Å². The fourth-order valence-corrected chi connectivity index (χ4v) is 3.34. The number of rotatable bonds is 5. The maximum absolute atomic E-state index is 6.17. The Morgan fingerprint density at radius 1 is 1.14 bits per heavy atom. The number of hydrogen-bond donors (Lipinski definition) is 1. The Bertz CT molecular complexity index is 655. The first-order valence-corrected chi connectivity index (χ1v) is 8.53. The Balaban J connectivity index is 2.24. The van der Waals surface area contributed by atoms with E-state index >= 15 is 0 Å². The molecule has 2 aromatic rings. The Morgan fingerprint density at radius 2 is 1.81 bits per heavy atom. The molecule has 7 heteroatoms. The van der Waals surface area contributed by atoms with Crippen LogP contribution in [0.4, 0.5) is 5.69 Å². The molecule has 0 atom stereocenters. The summed E-state index contributed by atoms with van der Waals surface area (Å²) >= 11 is 21.8. The molecule has 0 saturated carbocycles. The average Bonchev–Trinajstić information content (AvgIpc) is 2.77. The molecule has 0 amide bonds. The molecule has 0 aliphatic heterocycles. The normalized spacial score (nSPS) is 11.0. The third kappa shape index (κ3) is 3.67. The summed E-state index contributed by atoms with van der Waals surface area (Å²) in [5.74, 6) is 0. The molecule has 3 nitrogen and oxygen atoms in total. The molecule has 0 saturated heterocycles. The molecule has 0 unspecified atom stereocenters. The zero-order valence-electron chi connectivity index (χ0n) is 11.7. The van der Waals surface area contributed by atoms with Crippen LogP contribution >= 0.6 is 50.7 Å². The molecule has 0 bridgehead atoms. The number of benzene rings is 1. The molecule has 0 radical (unpaired) electrons. The van der Waals surface area contributed by atoms with E-state index in [4.69, 9.17) is 34.8 Å². The minimum atomic E-state index is 0.445. The molecule has 1 heterocycles. The van der Waals surface area contributed by atoms with Crippen LogP contribution in [0.15, 0.2) is 16.6 Å². The topological polar surface area (TPSA) is 29.9 Å². The molecule has 0 spiro atoms. The lowest BCUT2D eigenvalue weighted by Gasteiger charge is -2.11. The van der Waals surface area contributed by atoms with E-state index < -0.39 is 0 Å². The van der Waals surface area contributed by atoms with Gasteiger partial charge in [0.15, 0.2) is 0 Å². The van der Waals surface area contributed by atoms with Crippen molar-refractivity contribution in [2.75, 3.05) is 5.32 Å². The van der Waals surface area contributed by atoms with Gasteiger partial charge >= 0.3 is 0 Å². The highest BCUT2D eigenvalue weighted by molar-refractivity contribution is 9.10. The van der Waals surface area contributed by atoms with Crippen molar-refractivity contribution in [2.45, 2.75) is 33.4 Å². The fraction of sp³-hybridized carbons (Fsp3) is 0.357. The van der Waals surface area contributed by atoms with Crippen LogP contribution in [0.5, 0.6) is 0 Å². The summed E-state index contributed by atoms with van der Waals surface area (Å²) in [5.41, 5.74) is 2.88. The Kier molecular flexibility index (Phi) is 5.83. The van der Waals surface area contributed by atoms with Crippen LogP contribution in [0.1, 0.15) is 25.2 Å². The van der Waals surface area contributed by atoms with Crippen LogP contribution in [-0.4, -0.2) is 9.78 Å². The minimum absolute atomic E-state index is 0.445. The standard InChI is InChI=1S/C14H15BrCl3N3/c1-3-11-14(15)13(21(4-2)20-11)7-19-12-6-9(17)8(16)5-10(12)18/h5-6,19H,3-4,7H2,1-2H3. The number of aromatic nitrogens is 2. The van der Waals surface area contributed by atoms with Gasteiger partial charge in [0.2, 0.25) is 0 Å². The SMILES string of the molecule is CCc1nn(CC)c(CNc2cc(Cl)c(Cl)cc2Cl)c1Br. The van der Waals surface area contributed by atoms with E-state index in [2.05, 4.69) is 40.2 Å². The van der Waals surface area contributed by atoms with E-state index in [-0.39, 0.29) is 0 Å². The van der Waals surface area contributed by atoms with Crippen LogP contribution in [0.25, 0.3) is 0 Å². The van der Waals surface area contributed by atoms with E-state index in [9.17, 15) is 0 Å². The van der Waals surface area contributed by atoms with E-state index in [0.717, 1.165) is 34.5 Å². The number of aryl methyl sites for hydroxylation is 2. The predicted octanol–water partition coefficient (Wildman–Crippen LogP) is 5.80. The van der Waals surface area contributed by atoms with Crippen molar-refractivity contribution in [2.24, 2.45) is 0 Å². The number of nitrogens with one attached hydrogen (secondary N) is 1. The van der Waals surface area contributed by atoms with Crippen molar-refractivity contribution in [1.29, 1.82) is 0 Å². The summed E-state index contributed by atoms with van der Waals surface area (Å²) in [4.78, 5) is 0. The zero-order valence-corrected chi connectivity index (χ0v) is 15.5. The molecule has 1 N–H and O–H groups in total. The lowest BCUT2D eigenvalue weighted by atomic mass is 10.2. The molecule has 0 fully saturated rings. The Morgan fingerprint density at radius 3 is 2.43 bits per heavy atom. The highest BCUT2D eigenvalue weighted by atomic mass is 79.9. The van der Waals surface area contributed by atoms with Gasteiger partial charge in [0.1, 0.15) is 0 Å². The number of nitrogens with zero attached hydrogens (tertiary/aromatic N) is 2. The van der Waals surface area contributed by atoms with Crippen molar-refractivity contribution in [3.63, 3.8) is 0 Å². The summed E-state index contributed by atoms with van der Waals surface area (Å²) in [6.07, 6.45) is 0.883. The second kappa shape index (κ2) is 7.23. The fourth-order valence-electron chi connectivity index (χ4n) is 2.02. The van der Waals surface area contributed by atoms with Crippen LogP contribution in [0.2, 0.25) is 15.1 Å². The lowest BCUT2D eigenvalue weighted by molar-refractivity contribution is 0.619. The first-order chi connectivity index (χ1) is 9.97.